The molecule has 36 heavy (non-hydrogen) atoms. The number of pyridine rings is 1. The number of nitriles is 1. The summed E-state index contributed by atoms with van der Waals surface area (Å²) in [7, 11) is 1.46. The smallest absolute Gasteiger partial charge is 0.274 e. The SMILES string of the molecule is CC(C)c1cc(C(C)C)c(S(=O)Oc2nn(C)c(=O)c3cc(=O)n(C4(C#N)CC4)cc23)c(C(C)C)c1. The molecule has 1 aliphatic carbocycles. The molecular formula is C27H32N4O4S. The maximum Gasteiger partial charge on any atom is 0.274 e. The summed E-state index contributed by atoms with van der Waals surface area (Å²) >= 11 is -1.94. The Morgan fingerprint density at radius 3 is 2.06 bits per heavy atom. The summed E-state index contributed by atoms with van der Waals surface area (Å²) in [6.45, 7) is 12.5. The molecule has 9 heteroatoms. The number of rotatable bonds is 7. The lowest BCUT2D eigenvalue weighted by Crippen LogP contribution is -2.30. The fourth-order valence-electron chi connectivity index (χ4n) is 4.41. The van der Waals surface area contributed by atoms with Gasteiger partial charge in [-0.1, -0.05) is 53.7 Å². The molecule has 1 saturated carbocycles. The van der Waals surface area contributed by atoms with Crippen LogP contribution in [0.2, 0.25) is 0 Å². The first kappa shape index (κ1) is 25.8. The highest BCUT2D eigenvalue weighted by molar-refractivity contribution is 7.80. The van der Waals surface area contributed by atoms with Crippen molar-refractivity contribution >= 4 is 21.9 Å². The molecule has 1 aliphatic rings. The summed E-state index contributed by atoms with van der Waals surface area (Å²) < 4.78 is 22.2. The van der Waals surface area contributed by atoms with E-state index in [1.807, 2.05) is 0 Å². The fourth-order valence-corrected chi connectivity index (χ4v) is 5.73. The summed E-state index contributed by atoms with van der Waals surface area (Å²) in [6, 6.07) is 7.59. The van der Waals surface area contributed by atoms with Crippen molar-refractivity contribution in [3.8, 4) is 11.9 Å². The quantitative estimate of drug-likeness (QED) is 0.462. The van der Waals surface area contributed by atoms with Gasteiger partial charge in [0.15, 0.2) is 0 Å². The minimum atomic E-state index is -1.94. The number of hydrogen-bond donors (Lipinski definition) is 0. The molecule has 1 fully saturated rings. The van der Waals surface area contributed by atoms with Crippen molar-refractivity contribution < 1.29 is 8.39 Å². The molecule has 0 N–H and O–H groups in total. The van der Waals surface area contributed by atoms with Gasteiger partial charge in [0.2, 0.25) is 11.1 Å². The predicted octanol–water partition coefficient (Wildman–Crippen LogP) is 4.58. The zero-order chi connectivity index (χ0) is 26.5. The summed E-state index contributed by atoms with van der Waals surface area (Å²) in [5.41, 5.74) is 1.22. The van der Waals surface area contributed by atoms with Crippen LogP contribution in [0.15, 0.2) is 38.9 Å². The maximum atomic E-state index is 13.8. The molecule has 0 bridgehead atoms. The lowest BCUT2D eigenvalue weighted by molar-refractivity contribution is 0.519. The van der Waals surface area contributed by atoms with Gasteiger partial charge in [0.1, 0.15) is 5.54 Å². The Labute approximate surface area is 213 Å². The van der Waals surface area contributed by atoms with Gasteiger partial charge in [-0.2, -0.15) is 5.26 Å². The van der Waals surface area contributed by atoms with E-state index >= 15 is 0 Å². The van der Waals surface area contributed by atoms with E-state index in [0.717, 1.165) is 15.8 Å². The van der Waals surface area contributed by atoms with Crippen LogP contribution in [0.3, 0.4) is 0 Å². The van der Waals surface area contributed by atoms with Crippen LogP contribution in [-0.4, -0.2) is 18.6 Å². The van der Waals surface area contributed by atoms with Crippen LogP contribution in [0.4, 0.5) is 0 Å². The molecule has 2 heterocycles. The standard InChI is InChI=1S/C27H32N4O4S/c1-15(2)18-10-19(16(3)4)24(20(11-18)17(5)6)36(34)35-25-22-13-31(27(14-28)8-9-27)23(32)12-21(22)26(33)30(7)29-25/h10-13,15-17H,8-9H2,1-7H3. The highest BCUT2D eigenvalue weighted by Crippen LogP contribution is 2.42. The van der Waals surface area contributed by atoms with Crippen molar-refractivity contribution in [1.82, 2.24) is 14.3 Å². The van der Waals surface area contributed by atoms with Crippen LogP contribution >= 0.6 is 0 Å². The largest absolute Gasteiger partial charge is 0.374 e. The molecule has 1 aromatic carbocycles. The number of aromatic nitrogens is 3. The van der Waals surface area contributed by atoms with Crippen molar-refractivity contribution in [2.75, 3.05) is 0 Å². The number of hydrogen-bond acceptors (Lipinski definition) is 6. The van der Waals surface area contributed by atoms with E-state index < -0.39 is 27.7 Å². The van der Waals surface area contributed by atoms with Crippen LogP contribution in [0.5, 0.6) is 5.88 Å². The van der Waals surface area contributed by atoms with E-state index in [2.05, 4.69) is 64.8 Å². The van der Waals surface area contributed by atoms with Gasteiger partial charge in [-0.05, 0) is 47.3 Å². The normalized spacial score (nSPS) is 15.5. The predicted molar refractivity (Wildman–Crippen MR) is 140 cm³/mol. The molecule has 1 unspecified atom stereocenters. The van der Waals surface area contributed by atoms with E-state index in [0.29, 0.717) is 23.7 Å². The molecule has 1 atom stereocenters. The van der Waals surface area contributed by atoms with Gasteiger partial charge in [0.25, 0.3) is 17.0 Å². The van der Waals surface area contributed by atoms with Crippen LogP contribution in [0.1, 0.15) is 88.8 Å². The highest BCUT2D eigenvalue weighted by atomic mass is 32.2. The van der Waals surface area contributed by atoms with Gasteiger partial charge < -0.3 is 4.18 Å². The third-order valence-corrected chi connectivity index (χ3v) is 7.96. The zero-order valence-corrected chi connectivity index (χ0v) is 22.6. The van der Waals surface area contributed by atoms with E-state index in [4.69, 9.17) is 4.18 Å². The molecule has 3 aromatic rings. The Morgan fingerprint density at radius 2 is 1.58 bits per heavy atom. The van der Waals surface area contributed by atoms with Crippen LogP contribution in [-0.2, 0) is 23.7 Å². The first-order valence-electron chi connectivity index (χ1n) is 12.2. The monoisotopic (exact) mass is 508 g/mol. The van der Waals surface area contributed by atoms with Gasteiger partial charge in [-0.3, -0.25) is 14.2 Å². The molecule has 0 aliphatic heterocycles. The average molecular weight is 509 g/mol. The summed E-state index contributed by atoms with van der Waals surface area (Å²) in [4.78, 5) is 26.2. The minimum absolute atomic E-state index is 0.0229. The minimum Gasteiger partial charge on any atom is -0.374 e. The lowest BCUT2D eigenvalue weighted by Gasteiger charge is -2.22. The van der Waals surface area contributed by atoms with Crippen molar-refractivity contribution in [3.63, 3.8) is 0 Å². The third-order valence-electron chi connectivity index (χ3n) is 6.84. The fraction of sp³-hybridized carbons (Fsp3) is 0.481. The topological polar surface area (TPSA) is 107 Å². The third kappa shape index (κ3) is 4.39. The Bertz CT molecular complexity index is 1510. The van der Waals surface area contributed by atoms with E-state index in [-0.39, 0.29) is 28.5 Å². The van der Waals surface area contributed by atoms with Gasteiger partial charge in [-0.25, -0.2) is 8.89 Å². The molecule has 8 nitrogen and oxygen atoms in total. The van der Waals surface area contributed by atoms with Crippen LogP contribution in [0.25, 0.3) is 10.8 Å². The molecule has 0 saturated heterocycles. The second kappa shape index (κ2) is 9.32. The number of benzene rings is 1. The van der Waals surface area contributed by atoms with Crippen molar-refractivity contribution in [1.29, 1.82) is 5.26 Å². The number of fused-ring (bicyclic) bond motifs is 1. The van der Waals surface area contributed by atoms with E-state index in [1.54, 1.807) is 0 Å². The van der Waals surface area contributed by atoms with Gasteiger partial charge >= 0.3 is 0 Å². The molecule has 0 amide bonds. The Balaban J connectivity index is 1.91. The van der Waals surface area contributed by atoms with Crippen molar-refractivity contribution in [3.05, 3.63) is 61.8 Å². The summed E-state index contributed by atoms with van der Waals surface area (Å²) in [5.74, 6) is 0.489. The number of aryl methyl sites for hydroxylation is 1. The number of nitrogens with zero attached hydrogens (tertiary/aromatic N) is 4. The summed E-state index contributed by atoms with van der Waals surface area (Å²) in [5, 5.41) is 14.2. The summed E-state index contributed by atoms with van der Waals surface area (Å²) in [6.07, 6.45) is 2.55. The average Bonchev–Trinajstić information content (AvgIpc) is 3.62. The van der Waals surface area contributed by atoms with Crippen molar-refractivity contribution in [2.45, 2.75) is 82.6 Å². The molecule has 0 spiro atoms. The zero-order valence-electron chi connectivity index (χ0n) is 21.8. The van der Waals surface area contributed by atoms with Crippen LogP contribution in [0, 0.1) is 11.3 Å². The van der Waals surface area contributed by atoms with Crippen LogP contribution < -0.4 is 15.3 Å². The molecule has 2 aromatic heterocycles. The van der Waals surface area contributed by atoms with E-state index in [1.165, 1.54) is 29.4 Å². The second-order valence-electron chi connectivity index (χ2n) is 10.5. The van der Waals surface area contributed by atoms with Gasteiger partial charge in [-0.15, -0.1) is 5.10 Å². The maximum absolute atomic E-state index is 13.8. The van der Waals surface area contributed by atoms with Crippen molar-refractivity contribution in [2.24, 2.45) is 7.05 Å². The first-order valence-corrected chi connectivity index (χ1v) is 13.3. The molecule has 4 rings (SSSR count). The van der Waals surface area contributed by atoms with Gasteiger partial charge in [0.05, 0.1) is 21.7 Å². The van der Waals surface area contributed by atoms with Gasteiger partial charge in [0, 0.05) is 19.3 Å². The Morgan fingerprint density at radius 1 is 1.00 bits per heavy atom. The highest BCUT2D eigenvalue weighted by Gasteiger charge is 2.46. The first-order chi connectivity index (χ1) is 16.9. The lowest BCUT2D eigenvalue weighted by atomic mass is 9.89. The molecular weight excluding hydrogens is 476 g/mol. The Hall–Kier alpha value is -3.25. The second-order valence-corrected chi connectivity index (χ2v) is 11.5. The van der Waals surface area contributed by atoms with E-state index in [9.17, 15) is 19.1 Å². The Kier molecular flexibility index (Phi) is 6.69. The molecule has 190 valence electrons. The molecule has 0 radical (unpaired) electrons.